The smallest absolute Gasteiger partial charge is 0.238 e. The van der Waals surface area contributed by atoms with Crippen molar-refractivity contribution >= 4 is 35.0 Å². The standard InChI is InChI=1S/C26H26N2O2S/c1-18-12-13-19(2)23(16-18)28-25(30)17-31-26(28)21-10-6-7-11-22(21)27-24(29)15-14-20-8-4-3-5-9-20/h3-13,16,26H,14-15,17H2,1-2H3,(H,27,29)/t26-/m1/s1. The molecule has 31 heavy (non-hydrogen) atoms. The molecule has 3 aromatic rings. The number of amides is 2. The fraction of sp³-hybridized carbons (Fsp3) is 0.231. The molecule has 1 fully saturated rings. The lowest BCUT2D eigenvalue weighted by molar-refractivity contribution is -0.116. The van der Waals surface area contributed by atoms with Crippen LogP contribution in [0.1, 0.15) is 34.0 Å². The SMILES string of the molecule is Cc1ccc(C)c(N2C(=O)CS[C@@H]2c2ccccc2NC(=O)CCc2ccccc2)c1. The molecular weight excluding hydrogens is 404 g/mol. The Kier molecular flexibility index (Phi) is 6.42. The van der Waals surface area contributed by atoms with Gasteiger partial charge in [-0.15, -0.1) is 11.8 Å². The van der Waals surface area contributed by atoms with Crippen LogP contribution in [0.5, 0.6) is 0 Å². The van der Waals surface area contributed by atoms with Crippen LogP contribution in [0.15, 0.2) is 72.8 Å². The van der Waals surface area contributed by atoms with Gasteiger partial charge in [-0.2, -0.15) is 0 Å². The number of nitrogens with zero attached hydrogens (tertiary/aromatic N) is 1. The zero-order valence-corrected chi connectivity index (χ0v) is 18.6. The van der Waals surface area contributed by atoms with Gasteiger partial charge >= 0.3 is 0 Å². The summed E-state index contributed by atoms with van der Waals surface area (Å²) in [5.74, 6) is 0.492. The van der Waals surface area contributed by atoms with Crippen molar-refractivity contribution in [2.75, 3.05) is 16.0 Å². The Morgan fingerprint density at radius 1 is 1.03 bits per heavy atom. The molecular formula is C26H26N2O2S. The summed E-state index contributed by atoms with van der Waals surface area (Å²) in [6.45, 7) is 4.06. The van der Waals surface area contributed by atoms with Crippen molar-refractivity contribution in [2.24, 2.45) is 0 Å². The zero-order valence-electron chi connectivity index (χ0n) is 17.8. The van der Waals surface area contributed by atoms with E-state index >= 15 is 0 Å². The van der Waals surface area contributed by atoms with E-state index < -0.39 is 0 Å². The summed E-state index contributed by atoms with van der Waals surface area (Å²) in [4.78, 5) is 27.4. The average Bonchev–Trinajstić information content (AvgIpc) is 3.16. The summed E-state index contributed by atoms with van der Waals surface area (Å²) in [5.41, 5.74) is 5.98. The second kappa shape index (κ2) is 9.40. The Balaban J connectivity index is 1.56. The minimum Gasteiger partial charge on any atom is -0.326 e. The number of anilines is 2. The highest BCUT2D eigenvalue weighted by Crippen LogP contribution is 2.45. The fourth-order valence-electron chi connectivity index (χ4n) is 3.84. The molecule has 1 aliphatic rings. The molecule has 0 spiro atoms. The lowest BCUT2D eigenvalue weighted by Crippen LogP contribution is -2.29. The molecule has 0 saturated carbocycles. The summed E-state index contributed by atoms with van der Waals surface area (Å²) in [6.07, 6.45) is 1.11. The van der Waals surface area contributed by atoms with Gasteiger partial charge in [-0.3, -0.25) is 14.5 Å². The maximum absolute atomic E-state index is 12.8. The highest BCUT2D eigenvalue weighted by atomic mass is 32.2. The normalized spacial score (nSPS) is 15.9. The largest absolute Gasteiger partial charge is 0.326 e. The van der Waals surface area contributed by atoms with Crippen LogP contribution in [0.3, 0.4) is 0 Å². The van der Waals surface area contributed by atoms with Crippen molar-refractivity contribution in [3.8, 4) is 0 Å². The monoisotopic (exact) mass is 430 g/mol. The second-order valence-electron chi connectivity index (χ2n) is 7.84. The summed E-state index contributed by atoms with van der Waals surface area (Å²) in [7, 11) is 0. The predicted molar refractivity (Wildman–Crippen MR) is 128 cm³/mol. The molecule has 0 radical (unpaired) electrons. The number of rotatable bonds is 6. The number of para-hydroxylation sites is 1. The summed E-state index contributed by atoms with van der Waals surface area (Å²) in [6, 6.07) is 24.0. The minimum absolute atomic E-state index is 0.0242. The first-order chi connectivity index (χ1) is 15.0. The molecule has 4 rings (SSSR count). The van der Waals surface area contributed by atoms with Crippen LogP contribution in [0.25, 0.3) is 0 Å². The molecule has 2 amide bonds. The van der Waals surface area contributed by atoms with Crippen molar-refractivity contribution in [3.05, 3.63) is 95.1 Å². The topological polar surface area (TPSA) is 49.4 Å². The minimum atomic E-state index is -0.168. The van der Waals surface area contributed by atoms with E-state index in [1.54, 1.807) is 11.8 Å². The van der Waals surface area contributed by atoms with Crippen LogP contribution >= 0.6 is 11.8 Å². The van der Waals surface area contributed by atoms with Crippen LogP contribution < -0.4 is 10.2 Å². The number of nitrogens with one attached hydrogen (secondary N) is 1. The first kappa shape index (κ1) is 21.2. The lowest BCUT2D eigenvalue weighted by atomic mass is 10.1. The first-order valence-corrected chi connectivity index (χ1v) is 11.5. The molecule has 4 nitrogen and oxygen atoms in total. The quantitative estimate of drug-likeness (QED) is 0.549. The molecule has 5 heteroatoms. The van der Waals surface area contributed by atoms with E-state index in [9.17, 15) is 9.59 Å². The highest BCUT2D eigenvalue weighted by molar-refractivity contribution is 8.00. The third kappa shape index (κ3) is 4.83. The maximum atomic E-state index is 12.8. The molecule has 1 aliphatic heterocycles. The van der Waals surface area contributed by atoms with E-state index in [1.165, 1.54) is 0 Å². The molecule has 1 saturated heterocycles. The van der Waals surface area contributed by atoms with Crippen LogP contribution in [0.2, 0.25) is 0 Å². The van der Waals surface area contributed by atoms with Crippen molar-refractivity contribution in [1.82, 2.24) is 0 Å². The number of hydrogen-bond donors (Lipinski definition) is 1. The van der Waals surface area contributed by atoms with Gasteiger partial charge in [-0.25, -0.2) is 0 Å². The second-order valence-corrected chi connectivity index (χ2v) is 8.91. The molecule has 3 aromatic carbocycles. The molecule has 0 aliphatic carbocycles. The highest BCUT2D eigenvalue weighted by Gasteiger charge is 2.36. The third-order valence-corrected chi connectivity index (χ3v) is 6.67. The summed E-state index contributed by atoms with van der Waals surface area (Å²) in [5, 5.41) is 2.91. The summed E-state index contributed by atoms with van der Waals surface area (Å²) >= 11 is 1.60. The Labute approximate surface area is 187 Å². The van der Waals surface area contributed by atoms with Gasteiger partial charge in [0.05, 0.1) is 5.75 Å². The molecule has 158 valence electrons. The molecule has 1 atom stereocenters. The summed E-state index contributed by atoms with van der Waals surface area (Å²) < 4.78 is 0. The van der Waals surface area contributed by atoms with E-state index in [1.807, 2.05) is 73.3 Å². The Morgan fingerprint density at radius 2 is 1.77 bits per heavy atom. The molecule has 0 aromatic heterocycles. The lowest BCUT2D eigenvalue weighted by Gasteiger charge is -2.27. The Morgan fingerprint density at radius 3 is 2.58 bits per heavy atom. The van der Waals surface area contributed by atoms with E-state index in [0.29, 0.717) is 18.6 Å². The molecule has 1 heterocycles. The average molecular weight is 431 g/mol. The Bertz CT molecular complexity index is 1100. The number of thioether (sulfide) groups is 1. The number of aryl methyl sites for hydroxylation is 3. The van der Waals surface area contributed by atoms with Gasteiger partial charge in [0.2, 0.25) is 11.8 Å². The number of carbonyl (C=O) groups is 2. The van der Waals surface area contributed by atoms with E-state index in [-0.39, 0.29) is 17.2 Å². The zero-order chi connectivity index (χ0) is 21.8. The van der Waals surface area contributed by atoms with Gasteiger partial charge in [-0.05, 0) is 49.1 Å². The van der Waals surface area contributed by atoms with Gasteiger partial charge in [0.25, 0.3) is 0 Å². The number of carbonyl (C=O) groups excluding carboxylic acids is 2. The molecule has 1 N–H and O–H groups in total. The van der Waals surface area contributed by atoms with E-state index in [0.717, 1.165) is 33.6 Å². The van der Waals surface area contributed by atoms with Crippen LogP contribution in [-0.4, -0.2) is 17.6 Å². The van der Waals surface area contributed by atoms with Crippen molar-refractivity contribution < 1.29 is 9.59 Å². The van der Waals surface area contributed by atoms with Gasteiger partial charge in [0.15, 0.2) is 0 Å². The van der Waals surface area contributed by atoms with Gasteiger partial charge < -0.3 is 5.32 Å². The first-order valence-electron chi connectivity index (χ1n) is 10.5. The maximum Gasteiger partial charge on any atom is 0.238 e. The van der Waals surface area contributed by atoms with E-state index in [4.69, 9.17) is 0 Å². The van der Waals surface area contributed by atoms with Gasteiger partial charge in [0.1, 0.15) is 5.37 Å². The van der Waals surface area contributed by atoms with Crippen molar-refractivity contribution in [2.45, 2.75) is 32.1 Å². The molecule has 0 bridgehead atoms. The van der Waals surface area contributed by atoms with E-state index in [2.05, 4.69) is 23.5 Å². The van der Waals surface area contributed by atoms with Gasteiger partial charge in [-0.1, -0.05) is 60.7 Å². The fourth-order valence-corrected chi connectivity index (χ4v) is 5.04. The number of benzene rings is 3. The van der Waals surface area contributed by atoms with Crippen LogP contribution in [0.4, 0.5) is 11.4 Å². The Hall–Kier alpha value is -3.05. The van der Waals surface area contributed by atoms with Crippen LogP contribution in [-0.2, 0) is 16.0 Å². The molecule has 0 unspecified atom stereocenters. The predicted octanol–water partition coefficient (Wildman–Crippen LogP) is 5.65. The number of hydrogen-bond acceptors (Lipinski definition) is 3. The van der Waals surface area contributed by atoms with Crippen LogP contribution in [0, 0.1) is 13.8 Å². The third-order valence-electron chi connectivity index (χ3n) is 5.48. The van der Waals surface area contributed by atoms with Gasteiger partial charge in [0, 0.05) is 23.4 Å². The van der Waals surface area contributed by atoms with Crippen molar-refractivity contribution in [1.29, 1.82) is 0 Å². The van der Waals surface area contributed by atoms with Crippen molar-refractivity contribution in [3.63, 3.8) is 0 Å².